The summed E-state index contributed by atoms with van der Waals surface area (Å²) in [6.07, 6.45) is 2.08. The molecule has 0 aliphatic rings. The van der Waals surface area contributed by atoms with Gasteiger partial charge in [0.2, 0.25) is 0 Å². The van der Waals surface area contributed by atoms with E-state index in [-0.39, 0.29) is 11.9 Å². The minimum atomic E-state index is -0.513. The van der Waals surface area contributed by atoms with Crippen molar-refractivity contribution in [1.29, 1.82) is 0 Å². The van der Waals surface area contributed by atoms with E-state index in [1.54, 1.807) is 12.1 Å². The van der Waals surface area contributed by atoms with Gasteiger partial charge in [-0.05, 0) is 44.0 Å². The highest BCUT2D eigenvalue weighted by atomic mass is 16.7. The van der Waals surface area contributed by atoms with Crippen LogP contribution in [0, 0.1) is 0 Å². The Kier molecular flexibility index (Phi) is 6.63. The lowest BCUT2D eigenvalue weighted by atomic mass is 10.0. The molecule has 0 saturated carbocycles. The molecule has 3 aromatic rings. The van der Waals surface area contributed by atoms with Crippen LogP contribution in [-0.2, 0) is 15.9 Å². The first-order valence-corrected chi connectivity index (χ1v) is 9.37. The quantitative estimate of drug-likeness (QED) is 0.565. The standard InChI is InChI=1S/C22H26N2O3/c1-3-26-22(27-4-2)20(24-21(25)16-10-6-5-7-11-16)14-17-15-23-19-13-9-8-12-18(17)19/h5-13,15,20,22-23H,3-4,14H2,1-2H3,(H,24,25). The second kappa shape index (κ2) is 9.35. The van der Waals surface area contributed by atoms with Crippen LogP contribution >= 0.6 is 0 Å². The van der Waals surface area contributed by atoms with Gasteiger partial charge in [0.1, 0.15) is 0 Å². The molecule has 3 rings (SSSR count). The number of hydrogen-bond acceptors (Lipinski definition) is 3. The summed E-state index contributed by atoms with van der Waals surface area (Å²) in [5.74, 6) is -0.134. The van der Waals surface area contributed by atoms with Crippen molar-refractivity contribution in [1.82, 2.24) is 10.3 Å². The fraction of sp³-hybridized carbons (Fsp3) is 0.318. The van der Waals surface area contributed by atoms with Gasteiger partial charge < -0.3 is 19.8 Å². The van der Waals surface area contributed by atoms with E-state index in [9.17, 15) is 4.79 Å². The predicted molar refractivity (Wildman–Crippen MR) is 107 cm³/mol. The Morgan fingerprint density at radius 3 is 2.37 bits per heavy atom. The maximum Gasteiger partial charge on any atom is 0.251 e. The van der Waals surface area contributed by atoms with Crippen molar-refractivity contribution in [2.75, 3.05) is 13.2 Å². The van der Waals surface area contributed by atoms with Gasteiger partial charge in [-0.15, -0.1) is 0 Å². The molecule has 1 aromatic heterocycles. The Morgan fingerprint density at radius 2 is 1.67 bits per heavy atom. The number of carbonyl (C=O) groups is 1. The van der Waals surface area contributed by atoms with Gasteiger partial charge in [-0.25, -0.2) is 0 Å². The molecule has 1 amide bonds. The number of benzene rings is 2. The Hall–Kier alpha value is -2.63. The average molecular weight is 366 g/mol. The summed E-state index contributed by atoms with van der Waals surface area (Å²) < 4.78 is 11.6. The molecule has 0 bridgehead atoms. The number of H-pyrrole nitrogens is 1. The molecular formula is C22H26N2O3. The van der Waals surface area contributed by atoms with E-state index < -0.39 is 6.29 Å². The number of aromatic nitrogens is 1. The van der Waals surface area contributed by atoms with Crippen LogP contribution in [0.2, 0.25) is 0 Å². The van der Waals surface area contributed by atoms with E-state index in [1.807, 2.05) is 56.4 Å². The summed E-state index contributed by atoms with van der Waals surface area (Å²) in [4.78, 5) is 16.0. The van der Waals surface area contributed by atoms with Crippen molar-refractivity contribution in [2.24, 2.45) is 0 Å². The molecule has 0 aliphatic carbocycles. The smallest absolute Gasteiger partial charge is 0.251 e. The molecular weight excluding hydrogens is 340 g/mol. The minimum absolute atomic E-state index is 0.134. The first kappa shape index (κ1) is 19.1. The number of ether oxygens (including phenoxy) is 2. The first-order chi connectivity index (χ1) is 13.2. The van der Waals surface area contributed by atoms with E-state index in [1.165, 1.54) is 0 Å². The molecule has 5 nitrogen and oxygen atoms in total. The maximum absolute atomic E-state index is 12.7. The van der Waals surface area contributed by atoms with E-state index in [0.717, 1.165) is 16.5 Å². The summed E-state index contributed by atoms with van der Waals surface area (Å²) >= 11 is 0. The minimum Gasteiger partial charge on any atom is -0.361 e. The van der Waals surface area contributed by atoms with Gasteiger partial charge in [0.25, 0.3) is 5.91 Å². The Morgan fingerprint density at radius 1 is 1.00 bits per heavy atom. The first-order valence-electron chi connectivity index (χ1n) is 9.37. The van der Waals surface area contributed by atoms with Crippen molar-refractivity contribution in [3.63, 3.8) is 0 Å². The van der Waals surface area contributed by atoms with Crippen molar-refractivity contribution in [2.45, 2.75) is 32.6 Å². The summed E-state index contributed by atoms with van der Waals surface area (Å²) in [6, 6.07) is 17.0. The number of fused-ring (bicyclic) bond motifs is 1. The zero-order valence-electron chi connectivity index (χ0n) is 15.8. The largest absolute Gasteiger partial charge is 0.361 e. The van der Waals surface area contributed by atoms with Crippen LogP contribution in [0.1, 0.15) is 29.8 Å². The Bertz CT molecular complexity index is 854. The molecule has 142 valence electrons. The molecule has 0 spiro atoms. The van der Waals surface area contributed by atoms with Crippen LogP contribution in [0.25, 0.3) is 10.9 Å². The zero-order chi connectivity index (χ0) is 19.1. The van der Waals surface area contributed by atoms with E-state index in [4.69, 9.17) is 9.47 Å². The second-order valence-corrected chi connectivity index (χ2v) is 6.29. The zero-order valence-corrected chi connectivity index (χ0v) is 15.8. The number of carbonyl (C=O) groups excluding carboxylic acids is 1. The maximum atomic E-state index is 12.7. The molecule has 0 aliphatic heterocycles. The molecule has 1 atom stereocenters. The number of aromatic amines is 1. The molecule has 1 unspecified atom stereocenters. The van der Waals surface area contributed by atoms with Crippen molar-refractivity contribution in [3.8, 4) is 0 Å². The summed E-state index contributed by atoms with van der Waals surface area (Å²) in [5, 5.41) is 4.25. The van der Waals surface area contributed by atoms with Gasteiger partial charge in [0.15, 0.2) is 6.29 Å². The number of para-hydroxylation sites is 1. The molecule has 0 fully saturated rings. The van der Waals surface area contributed by atoms with E-state index in [0.29, 0.717) is 25.2 Å². The summed E-state index contributed by atoms with van der Waals surface area (Å²) in [6.45, 7) is 4.87. The van der Waals surface area contributed by atoms with Gasteiger partial charge in [-0.2, -0.15) is 0 Å². The summed E-state index contributed by atoms with van der Waals surface area (Å²) in [5.41, 5.74) is 2.81. The van der Waals surface area contributed by atoms with Crippen molar-refractivity contribution in [3.05, 3.63) is 71.9 Å². The third-order valence-electron chi connectivity index (χ3n) is 4.46. The molecule has 1 heterocycles. The van der Waals surface area contributed by atoms with Crippen molar-refractivity contribution >= 4 is 16.8 Å². The third-order valence-corrected chi connectivity index (χ3v) is 4.46. The van der Waals surface area contributed by atoms with Crippen LogP contribution in [0.3, 0.4) is 0 Å². The number of rotatable bonds is 9. The van der Waals surface area contributed by atoms with Crippen molar-refractivity contribution < 1.29 is 14.3 Å². The molecule has 2 N–H and O–H groups in total. The lowest BCUT2D eigenvalue weighted by Crippen LogP contribution is -2.47. The van der Waals surface area contributed by atoms with Crippen LogP contribution < -0.4 is 5.32 Å². The lowest BCUT2D eigenvalue weighted by molar-refractivity contribution is -0.152. The average Bonchev–Trinajstić information content (AvgIpc) is 3.11. The normalized spacial score (nSPS) is 12.4. The Balaban J connectivity index is 1.85. The number of hydrogen-bond donors (Lipinski definition) is 2. The lowest BCUT2D eigenvalue weighted by Gasteiger charge is -2.27. The second-order valence-electron chi connectivity index (χ2n) is 6.29. The van der Waals surface area contributed by atoms with Crippen LogP contribution in [0.5, 0.6) is 0 Å². The molecule has 2 aromatic carbocycles. The fourth-order valence-electron chi connectivity index (χ4n) is 3.20. The highest BCUT2D eigenvalue weighted by Crippen LogP contribution is 2.21. The highest BCUT2D eigenvalue weighted by molar-refractivity contribution is 5.94. The van der Waals surface area contributed by atoms with Crippen LogP contribution in [-0.4, -0.2) is 36.4 Å². The van der Waals surface area contributed by atoms with Gasteiger partial charge in [-0.3, -0.25) is 4.79 Å². The van der Waals surface area contributed by atoms with Gasteiger partial charge in [0.05, 0.1) is 6.04 Å². The van der Waals surface area contributed by atoms with Gasteiger partial charge >= 0.3 is 0 Å². The number of nitrogens with one attached hydrogen (secondary N) is 2. The SMILES string of the molecule is CCOC(OCC)C(Cc1c[nH]c2ccccc12)NC(=O)c1ccccc1. The molecule has 27 heavy (non-hydrogen) atoms. The topological polar surface area (TPSA) is 63.4 Å². The van der Waals surface area contributed by atoms with Gasteiger partial charge in [0, 0.05) is 35.9 Å². The van der Waals surface area contributed by atoms with Gasteiger partial charge in [-0.1, -0.05) is 36.4 Å². The fourth-order valence-corrected chi connectivity index (χ4v) is 3.20. The molecule has 0 saturated heterocycles. The third kappa shape index (κ3) is 4.76. The Labute approximate surface area is 159 Å². The van der Waals surface area contributed by atoms with Crippen LogP contribution in [0.15, 0.2) is 60.8 Å². The van der Waals surface area contributed by atoms with E-state index in [2.05, 4.69) is 16.4 Å². The molecule has 5 heteroatoms. The number of amides is 1. The predicted octanol–water partition coefficient (Wildman–Crippen LogP) is 3.91. The monoisotopic (exact) mass is 366 g/mol. The summed E-state index contributed by atoms with van der Waals surface area (Å²) in [7, 11) is 0. The van der Waals surface area contributed by atoms with Crippen LogP contribution in [0.4, 0.5) is 0 Å². The van der Waals surface area contributed by atoms with E-state index >= 15 is 0 Å². The molecule has 0 radical (unpaired) electrons. The highest BCUT2D eigenvalue weighted by Gasteiger charge is 2.26.